The van der Waals surface area contributed by atoms with Crippen LogP contribution in [0.25, 0.3) is 23.1 Å². The van der Waals surface area contributed by atoms with Gasteiger partial charge >= 0.3 is 5.97 Å². The zero-order chi connectivity index (χ0) is 25.8. The van der Waals surface area contributed by atoms with Crippen LogP contribution in [0.5, 0.6) is 0 Å². The quantitative estimate of drug-likeness (QED) is 0.336. The summed E-state index contributed by atoms with van der Waals surface area (Å²) in [6.07, 6.45) is 3.50. The largest absolute Gasteiger partial charge is 0.478 e. The van der Waals surface area contributed by atoms with Crippen LogP contribution in [0, 0.1) is 0 Å². The summed E-state index contributed by atoms with van der Waals surface area (Å²) in [7, 11) is 0. The average Bonchev–Trinajstić information content (AvgIpc) is 3.69. The first-order valence-electron chi connectivity index (χ1n) is 12.2. The van der Waals surface area contributed by atoms with Crippen LogP contribution in [0.1, 0.15) is 44.6 Å². The highest BCUT2D eigenvalue weighted by Crippen LogP contribution is 2.42. The van der Waals surface area contributed by atoms with E-state index in [1.807, 2.05) is 22.1 Å². The molecule has 3 aromatic heterocycles. The van der Waals surface area contributed by atoms with Gasteiger partial charge in [-0.2, -0.15) is 0 Å². The first-order chi connectivity index (χ1) is 18.6. The molecule has 6 nitrogen and oxygen atoms in total. The maximum absolute atomic E-state index is 13.8. The molecular weight excluding hydrogens is 516 g/mol. The van der Waals surface area contributed by atoms with Crippen LogP contribution < -0.4 is 14.9 Å². The van der Waals surface area contributed by atoms with E-state index in [-0.39, 0.29) is 17.2 Å². The van der Waals surface area contributed by atoms with E-state index in [0.717, 1.165) is 29.0 Å². The number of benzene rings is 2. The number of aromatic carboxylic acids is 1. The van der Waals surface area contributed by atoms with Crippen molar-refractivity contribution >= 4 is 40.4 Å². The Hall–Kier alpha value is -4.27. The fourth-order valence-electron chi connectivity index (χ4n) is 5.31. The lowest BCUT2D eigenvalue weighted by molar-refractivity contribution is 0.0697. The number of thiophene rings is 1. The second-order valence-electron chi connectivity index (χ2n) is 9.18. The number of nitrogens with zero attached hydrogens (tertiary/aromatic N) is 2. The smallest absolute Gasteiger partial charge is 0.336 e. The fourth-order valence-corrected chi connectivity index (χ4v) is 7.14. The Morgan fingerprint density at radius 3 is 2.63 bits per heavy atom. The summed E-state index contributed by atoms with van der Waals surface area (Å²) in [6.45, 7) is 0. The van der Waals surface area contributed by atoms with Crippen molar-refractivity contribution in [1.82, 2.24) is 4.57 Å². The normalized spacial score (nSPS) is 16.5. The van der Waals surface area contributed by atoms with E-state index in [9.17, 15) is 14.7 Å². The standard InChI is InChI=1S/C30H20N2O4S2/c33-28-25(16-18-12-14-23(36-18)20-8-3-4-9-21(20)29(34)35)38-30-31-26-19-7-2-1-6-17(19)11-13-22(26)27(32(28)30)24-10-5-15-37-24/h1-10,12,14-16,27H,11,13H2,(H,34,35). The molecule has 1 aliphatic heterocycles. The van der Waals surface area contributed by atoms with Crippen LogP contribution in [0.3, 0.4) is 0 Å². The number of aryl methyl sites for hydroxylation is 1. The summed E-state index contributed by atoms with van der Waals surface area (Å²) in [5, 5.41) is 11.6. The minimum absolute atomic E-state index is 0.110. The topological polar surface area (TPSA) is 84.8 Å². The number of allylic oxidation sites excluding steroid dienone is 1. The summed E-state index contributed by atoms with van der Waals surface area (Å²) in [4.78, 5) is 32.3. The molecule has 0 saturated heterocycles. The minimum atomic E-state index is -1.02. The van der Waals surface area contributed by atoms with Crippen molar-refractivity contribution in [2.75, 3.05) is 0 Å². The molecule has 1 unspecified atom stereocenters. The summed E-state index contributed by atoms with van der Waals surface area (Å²) >= 11 is 2.99. The van der Waals surface area contributed by atoms with Crippen LogP contribution >= 0.6 is 22.7 Å². The Kier molecular flexibility index (Phi) is 5.38. The fraction of sp³-hybridized carbons (Fsp3) is 0.100. The number of fused-ring (bicyclic) bond motifs is 3. The van der Waals surface area contributed by atoms with Gasteiger partial charge in [0, 0.05) is 22.1 Å². The molecule has 0 spiro atoms. The van der Waals surface area contributed by atoms with E-state index in [2.05, 4.69) is 24.3 Å². The van der Waals surface area contributed by atoms with Gasteiger partial charge < -0.3 is 9.52 Å². The SMILES string of the molecule is O=C(O)c1ccccc1-c1ccc(C=c2sc3n(c2=O)C(c2cccs2)C2=C(N=3)c3ccccc3CC2)o1. The van der Waals surface area contributed by atoms with Gasteiger partial charge in [-0.15, -0.1) is 11.3 Å². The number of carbonyl (C=O) groups is 1. The average molecular weight is 537 g/mol. The number of rotatable bonds is 4. The van der Waals surface area contributed by atoms with E-state index in [4.69, 9.17) is 9.41 Å². The van der Waals surface area contributed by atoms with Gasteiger partial charge in [0.2, 0.25) is 0 Å². The molecule has 1 N–H and O–H groups in total. The van der Waals surface area contributed by atoms with Crippen LogP contribution in [0.2, 0.25) is 0 Å². The molecule has 186 valence electrons. The molecule has 1 atom stereocenters. The first kappa shape index (κ1) is 22.9. The van der Waals surface area contributed by atoms with Crippen molar-refractivity contribution < 1.29 is 14.3 Å². The Morgan fingerprint density at radius 2 is 1.82 bits per heavy atom. The summed E-state index contributed by atoms with van der Waals surface area (Å²) in [5.41, 5.74) is 5.12. The van der Waals surface area contributed by atoms with Crippen molar-refractivity contribution in [2.45, 2.75) is 18.9 Å². The van der Waals surface area contributed by atoms with Crippen molar-refractivity contribution in [2.24, 2.45) is 4.99 Å². The van der Waals surface area contributed by atoms with E-state index in [1.165, 1.54) is 22.5 Å². The maximum Gasteiger partial charge on any atom is 0.336 e. The van der Waals surface area contributed by atoms with E-state index in [1.54, 1.807) is 53.8 Å². The molecule has 4 heterocycles. The van der Waals surface area contributed by atoms with Crippen LogP contribution in [0.4, 0.5) is 0 Å². The molecule has 1 aliphatic carbocycles. The number of hydrogen-bond acceptors (Lipinski definition) is 6. The first-order valence-corrected chi connectivity index (χ1v) is 13.9. The van der Waals surface area contributed by atoms with Crippen molar-refractivity contribution in [3.63, 3.8) is 0 Å². The Morgan fingerprint density at radius 1 is 1.00 bits per heavy atom. The van der Waals surface area contributed by atoms with Crippen LogP contribution in [-0.4, -0.2) is 15.6 Å². The predicted octanol–water partition coefficient (Wildman–Crippen LogP) is 5.34. The van der Waals surface area contributed by atoms with Crippen LogP contribution in [0.15, 0.2) is 98.0 Å². The van der Waals surface area contributed by atoms with Gasteiger partial charge in [-0.05, 0) is 53.6 Å². The lowest BCUT2D eigenvalue weighted by Gasteiger charge is -2.30. The molecule has 0 amide bonds. The molecule has 38 heavy (non-hydrogen) atoms. The lowest BCUT2D eigenvalue weighted by Crippen LogP contribution is -2.38. The second kappa shape index (κ2) is 8.93. The van der Waals surface area contributed by atoms with E-state index in [0.29, 0.717) is 26.4 Å². The number of furan rings is 1. The zero-order valence-corrected chi connectivity index (χ0v) is 21.6. The molecule has 0 fully saturated rings. The van der Waals surface area contributed by atoms with Crippen molar-refractivity contribution in [3.05, 3.63) is 131 Å². The van der Waals surface area contributed by atoms with Gasteiger partial charge in [-0.3, -0.25) is 9.36 Å². The molecule has 8 heteroatoms. The summed E-state index contributed by atoms with van der Waals surface area (Å²) in [6, 6.07) is 22.5. The molecule has 7 rings (SSSR count). The van der Waals surface area contributed by atoms with Gasteiger partial charge in [-0.25, -0.2) is 9.79 Å². The maximum atomic E-state index is 13.8. The number of aromatic nitrogens is 1. The third-order valence-corrected chi connectivity index (χ3v) is 8.92. The highest BCUT2D eigenvalue weighted by atomic mass is 32.1. The highest BCUT2D eigenvalue weighted by molar-refractivity contribution is 7.10. The van der Waals surface area contributed by atoms with E-state index >= 15 is 0 Å². The lowest BCUT2D eigenvalue weighted by atomic mass is 9.85. The van der Waals surface area contributed by atoms with Gasteiger partial charge in [0.25, 0.3) is 5.56 Å². The van der Waals surface area contributed by atoms with E-state index < -0.39 is 5.97 Å². The molecule has 0 saturated carbocycles. The van der Waals surface area contributed by atoms with Gasteiger partial charge in [-0.1, -0.05) is 59.9 Å². The van der Waals surface area contributed by atoms with Crippen LogP contribution in [-0.2, 0) is 6.42 Å². The number of carboxylic acids is 1. The molecular formula is C30H20N2O4S2. The predicted molar refractivity (Wildman–Crippen MR) is 148 cm³/mol. The molecule has 0 radical (unpaired) electrons. The summed E-state index contributed by atoms with van der Waals surface area (Å²) < 4.78 is 8.33. The Balaban J connectivity index is 1.38. The highest BCUT2D eigenvalue weighted by Gasteiger charge is 2.33. The van der Waals surface area contributed by atoms with Gasteiger partial charge in [0.1, 0.15) is 11.5 Å². The number of hydrogen-bond donors (Lipinski definition) is 1. The number of carboxylic acid groups (broad SMARTS) is 1. The third kappa shape index (κ3) is 3.64. The summed E-state index contributed by atoms with van der Waals surface area (Å²) in [5.74, 6) is -0.108. The molecule has 2 aliphatic rings. The number of thiazole rings is 1. The van der Waals surface area contributed by atoms with Crippen molar-refractivity contribution in [1.29, 1.82) is 0 Å². The molecule has 5 aromatic rings. The molecule has 0 bridgehead atoms. The third-order valence-electron chi connectivity index (χ3n) is 7.01. The van der Waals surface area contributed by atoms with Gasteiger partial charge in [0.15, 0.2) is 4.80 Å². The monoisotopic (exact) mass is 536 g/mol. The Labute approximate surface area is 224 Å². The minimum Gasteiger partial charge on any atom is -0.478 e. The zero-order valence-electron chi connectivity index (χ0n) is 20.0. The second-order valence-corrected chi connectivity index (χ2v) is 11.2. The van der Waals surface area contributed by atoms with Crippen molar-refractivity contribution in [3.8, 4) is 11.3 Å². The Bertz CT molecular complexity index is 1940. The molecule has 2 aromatic carbocycles. The van der Waals surface area contributed by atoms with Gasteiger partial charge in [0.05, 0.1) is 21.8 Å².